The smallest absolute Gasteiger partial charge is 0.229 e. The predicted octanol–water partition coefficient (Wildman–Crippen LogP) is 6.06. The molecular weight excluding hydrogens is 348 g/mol. The van der Waals surface area contributed by atoms with Crippen LogP contribution in [0.3, 0.4) is 0 Å². The van der Waals surface area contributed by atoms with E-state index in [4.69, 9.17) is 4.74 Å². The fourth-order valence-corrected chi connectivity index (χ4v) is 2.72. The summed E-state index contributed by atoms with van der Waals surface area (Å²) in [6, 6.07) is 29.2. The van der Waals surface area contributed by atoms with E-state index in [1.807, 2.05) is 97.9 Å². The molecule has 4 rings (SSSR count). The second-order valence-corrected chi connectivity index (χ2v) is 6.27. The second kappa shape index (κ2) is 8.22. The number of aryl methyl sites for hydroxylation is 1. The number of aromatic nitrogens is 2. The van der Waals surface area contributed by atoms with Gasteiger partial charge >= 0.3 is 0 Å². The van der Waals surface area contributed by atoms with E-state index in [2.05, 4.69) is 20.6 Å². The van der Waals surface area contributed by atoms with Gasteiger partial charge in [-0.05, 0) is 55.5 Å². The van der Waals surface area contributed by atoms with Crippen LogP contribution >= 0.6 is 0 Å². The maximum Gasteiger partial charge on any atom is 0.229 e. The van der Waals surface area contributed by atoms with Crippen molar-refractivity contribution in [3.8, 4) is 11.5 Å². The third-order valence-electron chi connectivity index (χ3n) is 3.99. The first-order valence-electron chi connectivity index (χ1n) is 9.02. The molecule has 0 radical (unpaired) electrons. The number of ether oxygens (including phenoxy) is 1. The molecule has 0 aliphatic heterocycles. The molecule has 0 aliphatic rings. The van der Waals surface area contributed by atoms with Crippen molar-refractivity contribution >= 4 is 23.1 Å². The lowest BCUT2D eigenvalue weighted by atomic mass is 10.3. The maximum absolute atomic E-state index is 5.82. The molecule has 0 saturated carbocycles. The van der Waals surface area contributed by atoms with E-state index in [1.54, 1.807) is 0 Å². The van der Waals surface area contributed by atoms with Gasteiger partial charge in [0.2, 0.25) is 5.95 Å². The fraction of sp³-hybridized carbons (Fsp3) is 0.0435. The van der Waals surface area contributed by atoms with Gasteiger partial charge in [-0.2, -0.15) is 4.98 Å². The van der Waals surface area contributed by atoms with Crippen molar-refractivity contribution in [2.24, 2.45) is 0 Å². The molecule has 0 atom stereocenters. The van der Waals surface area contributed by atoms with Crippen LogP contribution in [0, 0.1) is 6.92 Å². The minimum Gasteiger partial charge on any atom is -0.457 e. The largest absolute Gasteiger partial charge is 0.457 e. The van der Waals surface area contributed by atoms with Gasteiger partial charge in [0.05, 0.1) is 0 Å². The number of hydrogen-bond acceptors (Lipinski definition) is 5. The van der Waals surface area contributed by atoms with Crippen molar-refractivity contribution in [1.29, 1.82) is 0 Å². The quantitative estimate of drug-likeness (QED) is 0.433. The number of rotatable bonds is 6. The number of hydrogen-bond donors (Lipinski definition) is 2. The van der Waals surface area contributed by atoms with Gasteiger partial charge < -0.3 is 15.4 Å². The number of nitrogens with zero attached hydrogens (tertiary/aromatic N) is 2. The van der Waals surface area contributed by atoms with Gasteiger partial charge in [-0.15, -0.1) is 0 Å². The van der Waals surface area contributed by atoms with Gasteiger partial charge in [0.1, 0.15) is 17.3 Å². The van der Waals surface area contributed by atoms with E-state index < -0.39 is 0 Å². The summed E-state index contributed by atoms with van der Waals surface area (Å²) in [4.78, 5) is 9.02. The van der Waals surface area contributed by atoms with Crippen LogP contribution in [0.5, 0.6) is 11.5 Å². The van der Waals surface area contributed by atoms with Crippen molar-refractivity contribution < 1.29 is 4.74 Å². The Morgan fingerprint density at radius 2 is 1.25 bits per heavy atom. The first-order valence-corrected chi connectivity index (χ1v) is 9.02. The van der Waals surface area contributed by atoms with E-state index in [0.717, 1.165) is 34.4 Å². The highest BCUT2D eigenvalue weighted by molar-refractivity contribution is 5.60. The van der Waals surface area contributed by atoms with Gasteiger partial charge in [0.15, 0.2) is 0 Å². The fourth-order valence-electron chi connectivity index (χ4n) is 2.72. The van der Waals surface area contributed by atoms with Crippen LogP contribution in [0.15, 0.2) is 91.0 Å². The van der Waals surface area contributed by atoms with E-state index in [1.165, 1.54) is 0 Å². The van der Waals surface area contributed by atoms with Crippen molar-refractivity contribution in [2.45, 2.75) is 6.92 Å². The first-order chi connectivity index (χ1) is 13.7. The Morgan fingerprint density at radius 1 is 0.643 bits per heavy atom. The number of anilines is 4. The van der Waals surface area contributed by atoms with Crippen LogP contribution in [0.2, 0.25) is 0 Å². The van der Waals surface area contributed by atoms with Gasteiger partial charge in [-0.25, -0.2) is 4.98 Å². The van der Waals surface area contributed by atoms with Gasteiger partial charge in [-0.1, -0.05) is 36.4 Å². The standard InChI is InChI=1S/C23H20N4O/c1-17-16-22(25-18-8-4-2-5-9-18)27-23(24-17)26-19-12-14-21(15-13-19)28-20-10-6-3-7-11-20/h2-16H,1H3,(H2,24,25,26,27). The Kier molecular flexibility index (Phi) is 5.15. The Hall–Kier alpha value is -3.86. The average Bonchev–Trinajstić information content (AvgIpc) is 2.71. The van der Waals surface area contributed by atoms with Crippen molar-refractivity contribution in [2.75, 3.05) is 10.6 Å². The monoisotopic (exact) mass is 368 g/mol. The first kappa shape index (κ1) is 17.5. The summed E-state index contributed by atoms with van der Waals surface area (Å²) in [6.07, 6.45) is 0. The summed E-state index contributed by atoms with van der Waals surface area (Å²) in [5.74, 6) is 2.86. The van der Waals surface area contributed by atoms with Crippen LogP contribution in [0.25, 0.3) is 0 Å². The molecule has 2 N–H and O–H groups in total. The number of para-hydroxylation sites is 2. The molecule has 1 aromatic heterocycles. The van der Waals surface area contributed by atoms with Crippen LogP contribution in [0.1, 0.15) is 5.69 Å². The minimum atomic E-state index is 0.537. The van der Waals surface area contributed by atoms with Crippen molar-refractivity contribution in [3.63, 3.8) is 0 Å². The van der Waals surface area contributed by atoms with E-state index in [-0.39, 0.29) is 0 Å². The normalized spacial score (nSPS) is 10.3. The molecule has 0 fully saturated rings. The maximum atomic E-state index is 5.82. The lowest BCUT2D eigenvalue weighted by Crippen LogP contribution is -2.02. The van der Waals surface area contributed by atoms with Gasteiger partial charge in [-0.3, -0.25) is 0 Å². The molecule has 5 nitrogen and oxygen atoms in total. The Labute approximate surface area is 164 Å². The summed E-state index contributed by atoms with van der Waals surface area (Å²) in [6.45, 7) is 1.94. The molecular formula is C23H20N4O. The molecule has 0 bridgehead atoms. The summed E-state index contributed by atoms with van der Waals surface area (Å²) in [7, 11) is 0. The van der Waals surface area contributed by atoms with E-state index >= 15 is 0 Å². The van der Waals surface area contributed by atoms with Crippen molar-refractivity contribution in [3.05, 3.63) is 96.7 Å². The zero-order valence-corrected chi connectivity index (χ0v) is 15.5. The molecule has 0 amide bonds. The Bertz CT molecular complexity index is 1040. The molecule has 28 heavy (non-hydrogen) atoms. The Balaban J connectivity index is 1.46. The lowest BCUT2D eigenvalue weighted by Gasteiger charge is -2.11. The molecule has 4 aromatic rings. The van der Waals surface area contributed by atoms with Crippen molar-refractivity contribution in [1.82, 2.24) is 9.97 Å². The summed E-state index contributed by atoms with van der Waals surface area (Å²) in [5.41, 5.74) is 2.74. The second-order valence-electron chi connectivity index (χ2n) is 6.27. The summed E-state index contributed by atoms with van der Waals surface area (Å²) >= 11 is 0. The minimum absolute atomic E-state index is 0.537. The van der Waals surface area contributed by atoms with E-state index in [9.17, 15) is 0 Å². The molecule has 5 heteroatoms. The zero-order chi connectivity index (χ0) is 19.2. The van der Waals surface area contributed by atoms with Crippen LogP contribution in [-0.4, -0.2) is 9.97 Å². The molecule has 0 unspecified atom stereocenters. The highest BCUT2D eigenvalue weighted by atomic mass is 16.5. The number of benzene rings is 3. The lowest BCUT2D eigenvalue weighted by molar-refractivity contribution is 0.483. The van der Waals surface area contributed by atoms with Gasteiger partial charge in [0, 0.05) is 23.1 Å². The average molecular weight is 368 g/mol. The van der Waals surface area contributed by atoms with Crippen LogP contribution in [-0.2, 0) is 0 Å². The molecule has 0 saturated heterocycles. The van der Waals surface area contributed by atoms with E-state index in [0.29, 0.717) is 5.95 Å². The highest BCUT2D eigenvalue weighted by Gasteiger charge is 2.04. The topological polar surface area (TPSA) is 59.1 Å². The molecule has 138 valence electrons. The molecule has 1 heterocycles. The molecule has 3 aromatic carbocycles. The summed E-state index contributed by atoms with van der Waals surface area (Å²) in [5, 5.41) is 6.54. The SMILES string of the molecule is Cc1cc(Nc2ccccc2)nc(Nc2ccc(Oc3ccccc3)cc2)n1. The molecule has 0 aliphatic carbocycles. The third kappa shape index (κ3) is 4.65. The molecule has 0 spiro atoms. The van der Waals surface area contributed by atoms with Crippen LogP contribution in [0.4, 0.5) is 23.1 Å². The Morgan fingerprint density at radius 3 is 1.96 bits per heavy atom. The third-order valence-corrected chi connectivity index (χ3v) is 3.99. The zero-order valence-electron chi connectivity index (χ0n) is 15.5. The summed E-state index contributed by atoms with van der Waals surface area (Å²) < 4.78 is 5.82. The van der Waals surface area contributed by atoms with Gasteiger partial charge in [0.25, 0.3) is 0 Å². The highest BCUT2D eigenvalue weighted by Crippen LogP contribution is 2.24. The predicted molar refractivity (Wildman–Crippen MR) is 113 cm³/mol. The number of nitrogens with one attached hydrogen (secondary N) is 2. The van der Waals surface area contributed by atoms with Crippen LogP contribution < -0.4 is 15.4 Å².